The summed E-state index contributed by atoms with van der Waals surface area (Å²) in [6.07, 6.45) is 0. The van der Waals surface area contributed by atoms with Gasteiger partial charge in [0.25, 0.3) is 0 Å². The number of carbonyl (C=O) groups is 1. The first-order chi connectivity index (χ1) is 9.90. The number of nitrogens with two attached hydrogens (primary N) is 2. The van der Waals surface area contributed by atoms with E-state index in [0.717, 1.165) is 11.6 Å². The van der Waals surface area contributed by atoms with E-state index in [1.807, 2.05) is 13.0 Å². The Morgan fingerprint density at radius 1 is 1.29 bits per heavy atom. The van der Waals surface area contributed by atoms with Gasteiger partial charge in [0.2, 0.25) is 5.91 Å². The third-order valence-corrected chi connectivity index (χ3v) is 4.57. The molecule has 0 aliphatic carbocycles. The Bertz CT molecular complexity index is 732. The molecular weight excluding hydrogens is 291 g/mol. The topological polar surface area (TPSA) is 86.2 Å². The number of rotatable bonds is 4. The number of nitrogen functional groups attached to an aromatic ring is 1. The minimum Gasteiger partial charge on any atom is -0.398 e. The van der Waals surface area contributed by atoms with Crippen LogP contribution in [0.1, 0.15) is 21.5 Å². The molecule has 0 aliphatic rings. The molecule has 2 aromatic rings. The lowest BCUT2D eigenvalue weighted by Gasteiger charge is -2.09. The fraction of sp³-hybridized carbons (Fsp3) is 0.133. The highest BCUT2D eigenvalue weighted by Crippen LogP contribution is 2.23. The quantitative estimate of drug-likeness (QED) is 0.848. The molecule has 4 nitrogen and oxygen atoms in total. The molecule has 1 amide bonds. The molecule has 110 valence electrons. The molecule has 2 rings (SSSR count). The zero-order valence-corrected chi connectivity index (χ0v) is 12.2. The molecule has 0 saturated carbocycles. The second-order valence-corrected chi connectivity index (χ2v) is 6.07. The Labute approximate surface area is 124 Å². The Balaban J connectivity index is 2.33. The van der Waals surface area contributed by atoms with Crippen LogP contribution in [0.3, 0.4) is 0 Å². The molecule has 0 radical (unpaired) electrons. The van der Waals surface area contributed by atoms with Crippen molar-refractivity contribution < 1.29 is 13.4 Å². The van der Waals surface area contributed by atoms with Crippen molar-refractivity contribution in [2.24, 2.45) is 5.73 Å². The summed E-state index contributed by atoms with van der Waals surface area (Å²) < 4.78 is 26.1. The fourth-order valence-corrected chi connectivity index (χ4v) is 3.21. The van der Waals surface area contributed by atoms with Crippen molar-refractivity contribution in [3.63, 3.8) is 0 Å². The third kappa shape index (κ3) is 3.28. The van der Waals surface area contributed by atoms with Gasteiger partial charge in [-0.05, 0) is 36.8 Å². The predicted molar refractivity (Wildman–Crippen MR) is 80.6 cm³/mol. The van der Waals surface area contributed by atoms with Crippen LogP contribution in [-0.2, 0) is 16.6 Å². The average molecular weight is 306 g/mol. The maximum Gasteiger partial charge on any atom is 0.248 e. The van der Waals surface area contributed by atoms with Crippen LogP contribution in [0, 0.1) is 12.7 Å². The zero-order chi connectivity index (χ0) is 15.6. The molecule has 0 heterocycles. The van der Waals surface area contributed by atoms with Crippen LogP contribution in [0.4, 0.5) is 10.1 Å². The van der Waals surface area contributed by atoms with Crippen LogP contribution < -0.4 is 11.5 Å². The molecule has 0 bridgehead atoms. The number of hydrogen-bond donors (Lipinski definition) is 2. The van der Waals surface area contributed by atoms with E-state index in [1.165, 1.54) is 12.1 Å². The monoisotopic (exact) mass is 306 g/mol. The highest BCUT2D eigenvalue weighted by atomic mass is 32.2. The van der Waals surface area contributed by atoms with Crippen molar-refractivity contribution in [3.8, 4) is 0 Å². The number of para-hydroxylation sites is 1. The SMILES string of the molecule is Cc1cccc(S(=O)Cc2cc(C(N)=O)ccc2F)c1N. The summed E-state index contributed by atoms with van der Waals surface area (Å²) in [6, 6.07) is 8.96. The Morgan fingerprint density at radius 2 is 2.00 bits per heavy atom. The van der Waals surface area contributed by atoms with Crippen LogP contribution in [-0.4, -0.2) is 10.1 Å². The van der Waals surface area contributed by atoms with E-state index in [0.29, 0.717) is 10.6 Å². The van der Waals surface area contributed by atoms with Gasteiger partial charge in [0.05, 0.1) is 27.1 Å². The molecule has 0 fully saturated rings. The average Bonchev–Trinajstić information content (AvgIpc) is 2.43. The summed E-state index contributed by atoms with van der Waals surface area (Å²) in [5, 5.41) is 0. The molecule has 1 unspecified atom stereocenters. The van der Waals surface area contributed by atoms with Crippen molar-refractivity contribution in [2.45, 2.75) is 17.6 Å². The number of primary amides is 1. The number of aryl methyl sites for hydroxylation is 1. The Morgan fingerprint density at radius 3 is 2.67 bits per heavy atom. The second-order valence-electron chi connectivity index (χ2n) is 4.65. The van der Waals surface area contributed by atoms with Gasteiger partial charge < -0.3 is 11.5 Å². The van der Waals surface area contributed by atoms with E-state index >= 15 is 0 Å². The van der Waals surface area contributed by atoms with Gasteiger partial charge in [-0.2, -0.15) is 0 Å². The van der Waals surface area contributed by atoms with Gasteiger partial charge in [-0.25, -0.2) is 4.39 Å². The van der Waals surface area contributed by atoms with Crippen molar-refractivity contribution in [2.75, 3.05) is 5.73 Å². The van der Waals surface area contributed by atoms with Gasteiger partial charge >= 0.3 is 0 Å². The maximum atomic E-state index is 13.8. The van der Waals surface area contributed by atoms with Crippen molar-refractivity contribution in [3.05, 3.63) is 58.9 Å². The normalized spacial score (nSPS) is 12.1. The van der Waals surface area contributed by atoms with Gasteiger partial charge in [0, 0.05) is 11.1 Å². The highest BCUT2D eigenvalue weighted by Gasteiger charge is 2.14. The number of benzene rings is 2. The van der Waals surface area contributed by atoms with Gasteiger partial charge in [-0.15, -0.1) is 0 Å². The van der Waals surface area contributed by atoms with Gasteiger partial charge in [-0.3, -0.25) is 9.00 Å². The van der Waals surface area contributed by atoms with E-state index < -0.39 is 22.5 Å². The summed E-state index contributed by atoms with van der Waals surface area (Å²) in [5.74, 6) is -1.25. The number of halogens is 1. The summed E-state index contributed by atoms with van der Waals surface area (Å²) >= 11 is 0. The number of anilines is 1. The van der Waals surface area contributed by atoms with E-state index in [4.69, 9.17) is 11.5 Å². The summed E-state index contributed by atoms with van der Waals surface area (Å²) in [5.41, 5.74) is 12.7. The molecule has 2 aromatic carbocycles. The predicted octanol–water partition coefficient (Wildman–Crippen LogP) is 2.12. The van der Waals surface area contributed by atoms with Crippen LogP contribution in [0.2, 0.25) is 0 Å². The highest BCUT2D eigenvalue weighted by molar-refractivity contribution is 7.84. The van der Waals surface area contributed by atoms with Crippen molar-refractivity contribution in [1.29, 1.82) is 0 Å². The fourth-order valence-electron chi connectivity index (χ4n) is 1.91. The molecule has 0 spiro atoms. The van der Waals surface area contributed by atoms with E-state index in [-0.39, 0.29) is 16.9 Å². The lowest BCUT2D eigenvalue weighted by atomic mass is 10.1. The van der Waals surface area contributed by atoms with Gasteiger partial charge in [0.15, 0.2) is 0 Å². The van der Waals surface area contributed by atoms with E-state index in [9.17, 15) is 13.4 Å². The molecule has 1 atom stereocenters. The van der Waals surface area contributed by atoms with Crippen LogP contribution in [0.15, 0.2) is 41.3 Å². The molecule has 6 heteroatoms. The Hall–Kier alpha value is -2.21. The lowest BCUT2D eigenvalue weighted by molar-refractivity contribution is 0.1000. The van der Waals surface area contributed by atoms with Gasteiger partial charge in [-0.1, -0.05) is 12.1 Å². The molecule has 21 heavy (non-hydrogen) atoms. The minimum absolute atomic E-state index is 0.0688. The number of hydrogen-bond acceptors (Lipinski definition) is 3. The van der Waals surface area contributed by atoms with Gasteiger partial charge in [0.1, 0.15) is 5.82 Å². The molecule has 0 saturated heterocycles. The van der Waals surface area contributed by atoms with Crippen LogP contribution in [0.5, 0.6) is 0 Å². The van der Waals surface area contributed by atoms with Crippen molar-refractivity contribution in [1.82, 2.24) is 0 Å². The summed E-state index contributed by atoms with van der Waals surface area (Å²) in [7, 11) is -1.51. The molecule has 4 N–H and O–H groups in total. The first kappa shape index (κ1) is 15.2. The smallest absolute Gasteiger partial charge is 0.248 e. The van der Waals surface area contributed by atoms with E-state index in [2.05, 4.69) is 0 Å². The number of amides is 1. The summed E-state index contributed by atoms with van der Waals surface area (Å²) in [4.78, 5) is 11.6. The van der Waals surface area contributed by atoms with Crippen molar-refractivity contribution >= 4 is 22.4 Å². The molecule has 0 aliphatic heterocycles. The van der Waals surface area contributed by atoms with E-state index in [1.54, 1.807) is 12.1 Å². The van der Waals surface area contributed by atoms with Crippen LogP contribution in [0.25, 0.3) is 0 Å². The molecular formula is C15H15FN2O2S. The minimum atomic E-state index is -1.51. The molecule has 0 aromatic heterocycles. The number of carbonyl (C=O) groups excluding carboxylic acids is 1. The zero-order valence-electron chi connectivity index (χ0n) is 11.4. The van der Waals surface area contributed by atoms with Crippen LogP contribution >= 0.6 is 0 Å². The first-order valence-electron chi connectivity index (χ1n) is 6.22. The Kier molecular flexibility index (Phi) is 4.37. The largest absolute Gasteiger partial charge is 0.398 e. The maximum absolute atomic E-state index is 13.8. The lowest BCUT2D eigenvalue weighted by Crippen LogP contribution is -2.12. The first-order valence-corrected chi connectivity index (χ1v) is 7.53. The summed E-state index contributed by atoms with van der Waals surface area (Å²) in [6.45, 7) is 1.81. The third-order valence-electron chi connectivity index (χ3n) is 3.15. The second kappa shape index (κ2) is 6.05. The standard InChI is InChI=1S/C15H15FN2O2S/c1-9-3-2-4-13(14(9)17)21(20)8-11-7-10(15(18)19)5-6-12(11)16/h2-7H,8,17H2,1H3,(H2,18,19).